The maximum absolute atomic E-state index is 14.0. The first kappa shape index (κ1) is 19.6. The zero-order valence-electron chi connectivity index (χ0n) is 16.6. The van der Waals surface area contributed by atoms with Crippen molar-refractivity contribution < 1.29 is 13.6 Å². The second-order valence-corrected chi connectivity index (χ2v) is 7.23. The van der Waals surface area contributed by atoms with Crippen molar-refractivity contribution in [1.29, 1.82) is 0 Å². The minimum Gasteiger partial charge on any atom is -0.322 e. The van der Waals surface area contributed by atoms with Gasteiger partial charge in [0.05, 0.1) is 22.4 Å². The first-order valence-corrected chi connectivity index (χ1v) is 9.82. The fourth-order valence-corrected chi connectivity index (χ4v) is 3.71. The molecule has 2 heterocycles. The molecule has 158 valence electrons. The van der Waals surface area contributed by atoms with E-state index < -0.39 is 17.5 Å². The number of aromatic nitrogens is 3. The molecular weight excluding hydrogens is 414 g/mol. The van der Waals surface area contributed by atoms with E-state index in [1.165, 1.54) is 10.5 Å². The normalized spacial score (nSPS) is 11.2. The number of anilines is 1. The van der Waals surface area contributed by atoms with Crippen LogP contribution >= 0.6 is 0 Å². The Hall–Kier alpha value is -4.33. The van der Waals surface area contributed by atoms with Crippen molar-refractivity contribution in [1.82, 2.24) is 14.0 Å². The number of benzene rings is 3. The van der Waals surface area contributed by atoms with E-state index in [1.807, 2.05) is 30.3 Å². The molecule has 0 aliphatic carbocycles. The number of para-hydroxylation sites is 2. The molecular formula is C24H16F2N4O2. The average Bonchev–Trinajstić information content (AvgIpc) is 3.11. The monoisotopic (exact) mass is 430 g/mol. The maximum Gasteiger partial charge on any atom is 0.260 e. The third-order valence-corrected chi connectivity index (χ3v) is 5.13. The van der Waals surface area contributed by atoms with Gasteiger partial charge in [0.2, 0.25) is 11.7 Å². The van der Waals surface area contributed by atoms with Gasteiger partial charge in [-0.2, -0.15) is 0 Å². The van der Waals surface area contributed by atoms with Crippen LogP contribution in [0.4, 0.5) is 14.5 Å². The van der Waals surface area contributed by atoms with Crippen LogP contribution < -0.4 is 10.9 Å². The van der Waals surface area contributed by atoms with E-state index >= 15 is 0 Å². The van der Waals surface area contributed by atoms with Gasteiger partial charge >= 0.3 is 0 Å². The van der Waals surface area contributed by atoms with E-state index in [2.05, 4.69) is 10.3 Å². The molecule has 0 spiro atoms. The lowest BCUT2D eigenvalue weighted by Crippen LogP contribution is -2.21. The quantitative estimate of drug-likeness (QED) is 0.464. The number of rotatable bonds is 4. The highest BCUT2D eigenvalue weighted by atomic mass is 19.1. The van der Waals surface area contributed by atoms with Crippen molar-refractivity contribution >= 4 is 28.4 Å². The molecule has 0 saturated heterocycles. The molecule has 0 unspecified atom stereocenters. The second kappa shape index (κ2) is 7.73. The molecule has 5 aromatic rings. The first-order chi connectivity index (χ1) is 15.5. The van der Waals surface area contributed by atoms with E-state index in [0.29, 0.717) is 16.7 Å². The third kappa shape index (κ3) is 3.41. The predicted molar refractivity (Wildman–Crippen MR) is 117 cm³/mol. The highest BCUT2D eigenvalue weighted by molar-refractivity contribution is 5.93. The Morgan fingerprint density at radius 3 is 2.41 bits per heavy atom. The van der Waals surface area contributed by atoms with Gasteiger partial charge in [-0.1, -0.05) is 42.5 Å². The van der Waals surface area contributed by atoms with Crippen LogP contribution in [0.25, 0.3) is 28.1 Å². The Balaban J connectivity index is 1.64. The minimum atomic E-state index is -0.748. The Labute approximate surface area is 180 Å². The van der Waals surface area contributed by atoms with Crippen LogP contribution in [0.5, 0.6) is 0 Å². The molecule has 0 aliphatic heterocycles. The van der Waals surface area contributed by atoms with E-state index in [-0.39, 0.29) is 23.6 Å². The molecule has 8 heteroatoms. The number of fused-ring (bicyclic) bond motifs is 3. The lowest BCUT2D eigenvalue weighted by atomic mass is 10.1. The summed E-state index contributed by atoms with van der Waals surface area (Å²) in [4.78, 5) is 30.4. The van der Waals surface area contributed by atoms with E-state index in [0.717, 1.165) is 23.8 Å². The summed E-state index contributed by atoms with van der Waals surface area (Å²) >= 11 is 0. The minimum absolute atomic E-state index is 0.252. The van der Waals surface area contributed by atoms with Gasteiger partial charge in [0, 0.05) is 17.7 Å². The highest BCUT2D eigenvalue weighted by Crippen LogP contribution is 2.22. The summed E-state index contributed by atoms with van der Waals surface area (Å²) in [7, 11) is 0. The van der Waals surface area contributed by atoms with Crippen LogP contribution in [0, 0.1) is 11.6 Å². The van der Waals surface area contributed by atoms with Gasteiger partial charge in [0.25, 0.3) is 5.56 Å². The number of carbonyl (C=O) groups is 1. The summed E-state index contributed by atoms with van der Waals surface area (Å²) in [6.45, 7) is -0.252. The molecule has 32 heavy (non-hydrogen) atoms. The van der Waals surface area contributed by atoms with Gasteiger partial charge in [-0.25, -0.2) is 18.2 Å². The molecule has 0 saturated carbocycles. The molecule has 1 amide bonds. The molecule has 2 aromatic heterocycles. The van der Waals surface area contributed by atoms with Gasteiger partial charge in [-0.05, 0) is 24.3 Å². The van der Waals surface area contributed by atoms with Gasteiger partial charge < -0.3 is 9.88 Å². The van der Waals surface area contributed by atoms with Crippen molar-refractivity contribution in [2.24, 2.45) is 0 Å². The molecule has 6 nitrogen and oxygen atoms in total. The van der Waals surface area contributed by atoms with Crippen LogP contribution in [0.2, 0.25) is 0 Å². The molecule has 0 bridgehead atoms. The fourth-order valence-electron chi connectivity index (χ4n) is 3.71. The zero-order valence-corrected chi connectivity index (χ0v) is 16.6. The smallest absolute Gasteiger partial charge is 0.260 e. The van der Waals surface area contributed by atoms with Crippen molar-refractivity contribution in [2.75, 3.05) is 5.32 Å². The Morgan fingerprint density at radius 2 is 1.62 bits per heavy atom. The number of nitrogens with one attached hydrogen (secondary N) is 1. The number of halogens is 2. The van der Waals surface area contributed by atoms with E-state index in [9.17, 15) is 18.4 Å². The lowest BCUT2D eigenvalue weighted by Gasteiger charge is -2.09. The molecule has 0 atom stereocenters. The lowest BCUT2D eigenvalue weighted by molar-refractivity contribution is -0.116. The molecule has 3 aromatic carbocycles. The molecule has 1 N–H and O–H groups in total. The van der Waals surface area contributed by atoms with Crippen molar-refractivity contribution in [3.8, 4) is 11.3 Å². The van der Waals surface area contributed by atoms with Crippen molar-refractivity contribution in [2.45, 2.75) is 6.54 Å². The van der Waals surface area contributed by atoms with Crippen LogP contribution in [-0.4, -0.2) is 19.9 Å². The van der Waals surface area contributed by atoms with Crippen LogP contribution in [0.3, 0.4) is 0 Å². The number of amides is 1. The third-order valence-electron chi connectivity index (χ3n) is 5.13. The summed E-state index contributed by atoms with van der Waals surface area (Å²) in [5.41, 5.74) is 1.87. The fraction of sp³-hybridized carbons (Fsp3) is 0.0417. The Bertz CT molecular complexity index is 1540. The standard InChI is InChI=1S/C24H16F2N4O2/c25-16-10-11-17(26)19(12-16)27-22(31)14-29-20-8-4-5-9-21(20)30-23(32)13-18(28-24(29)30)15-6-2-1-3-7-15/h1-13H,14H2,(H,27,31). The highest BCUT2D eigenvalue weighted by Gasteiger charge is 2.18. The predicted octanol–water partition coefficient (Wildman–Crippen LogP) is 4.23. The molecule has 5 rings (SSSR count). The number of hydrogen-bond donors (Lipinski definition) is 1. The largest absolute Gasteiger partial charge is 0.322 e. The summed E-state index contributed by atoms with van der Waals surface area (Å²) < 4.78 is 30.4. The SMILES string of the molecule is O=C(Cn1c2ccccc2n2c(=O)cc(-c3ccccc3)nc12)Nc1cc(F)ccc1F. The van der Waals surface area contributed by atoms with E-state index in [1.54, 1.807) is 28.8 Å². The first-order valence-electron chi connectivity index (χ1n) is 9.82. The summed E-state index contributed by atoms with van der Waals surface area (Å²) in [5.74, 6) is -1.73. The van der Waals surface area contributed by atoms with Gasteiger partial charge in [-0.15, -0.1) is 0 Å². The maximum atomic E-state index is 14.0. The molecule has 0 radical (unpaired) electrons. The number of nitrogens with zero attached hydrogens (tertiary/aromatic N) is 3. The topological polar surface area (TPSA) is 68.4 Å². The number of imidazole rings is 1. The van der Waals surface area contributed by atoms with Crippen LogP contribution in [0.1, 0.15) is 0 Å². The van der Waals surface area contributed by atoms with Crippen LogP contribution in [-0.2, 0) is 11.3 Å². The van der Waals surface area contributed by atoms with Crippen molar-refractivity contribution in [3.63, 3.8) is 0 Å². The van der Waals surface area contributed by atoms with E-state index in [4.69, 9.17) is 0 Å². The van der Waals surface area contributed by atoms with Gasteiger partial charge in [-0.3, -0.25) is 9.59 Å². The van der Waals surface area contributed by atoms with Crippen LogP contribution in [0.15, 0.2) is 83.7 Å². The number of hydrogen-bond acceptors (Lipinski definition) is 3. The summed E-state index contributed by atoms with van der Waals surface area (Å²) in [6.07, 6.45) is 0. The summed E-state index contributed by atoms with van der Waals surface area (Å²) in [5, 5.41) is 2.39. The van der Waals surface area contributed by atoms with Crippen molar-refractivity contribution in [3.05, 3.63) is 101 Å². The van der Waals surface area contributed by atoms with Gasteiger partial charge in [0.1, 0.15) is 18.2 Å². The molecule has 0 aliphatic rings. The summed E-state index contributed by atoms with van der Waals surface area (Å²) in [6, 6.07) is 20.6. The molecule has 0 fully saturated rings. The van der Waals surface area contributed by atoms with Gasteiger partial charge in [0.15, 0.2) is 0 Å². The number of carbonyl (C=O) groups excluding carboxylic acids is 1. The Morgan fingerprint density at radius 1 is 0.906 bits per heavy atom. The average molecular weight is 430 g/mol. The Kier molecular flexibility index (Phi) is 4.74. The second-order valence-electron chi connectivity index (χ2n) is 7.23. The zero-order chi connectivity index (χ0) is 22.2.